The standard InChI is InChI=1S/C18H19NO3/c1-2-8-19-17(21)13-11-9-12-14(13)18(19,22-16(12)15(11)20)10-6-4-3-5-7-10/h2-7,11-16,20H,1,8-9H2. The molecule has 4 nitrogen and oxygen atoms in total. The molecule has 2 saturated heterocycles. The summed E-state index contributed by atoms with van der Waals surface area (Å²) in [5.41, 5.74) is 0.318. The van der Waals surface area contributed by atoms with Gasteiger partial charge in [-0.25, -0.2) is 0 Å². The SMILES string of the molecule is C=CCN1C(=O)C2C3CC4C(OC1(c1ccccc1)C42)C3O. The first-order valence-corrected chi connectivity index (χ1v) is 8.04. The van der Waals surface area contributed by atoms with E-state index in [4.69, 9.17) is 4.74 Å². The van der Waals surface area contributed by atoms with Crippen molar-refractivity contribution in [3.63, 3.8) is 0 Å². The molecule has 1 N–H and O–H groups in total. The van der Waals surface area contributed by atoms with E-state index in [2.05, 4.69) is 6.58 Å². The maximum absolute atomic E-state index is 13.0. The third-order valence-electron chi connectivity index (χ3n) is 6.27. The van der Waals surface area contributed by atoms with E-state index in [0.29, 0.717) is 12.5 Å². The number of aliphatic hydroxyl groups is 1. The Labute approximate surface area is 129 Å². The molecule has 0 spiro atoms. The van der Waals surface area contributed by atoms with Crippen LogP contribution in [0, 0.1) is 23.7 Å². The van der Waals surface area contributed by atoms with E-state index >= 15 is 0 Å². The van der Waals surface area contributed by atoms with Crippen LogP contribution in [0.1, 0.15) is 12.0 Å². The monoisotopic (exact) mass is 297 g/mol. The summed E-state index contributed by atoms with van der Waals surface area (Å²) < 4.78 is 6.46. The molecule has 114 valence electrons. The molecule has 4 aliphatic rings. The Morgan fingerprint density at radius 2 is 2.14 bits per heavy atom. The van der Waals surface area contributed by atoms with Crippen molar-refractivity contribution in [1.29, 1.82) is 0 Å². The second-order valence-corrected chi connectivity index (χ2v) is 6.99. The zero-order valence-corrected chi connectivity index (χ0v) is 12.3. The molecule has 22 heavy (non-hydrogen) atoms. The number of rotatable bonds is 3. The van der Waals surface area contributed by atoms with Gasteiger partial charge >= 0.3 is 0 Å². The molecular formula is C18H19NO3. The fourth-order valence-corrected chi connectivity index (χ4v) is 5.68. The van der Waals surface area contributed by atoms with Crippen LogP contribution in [0.4, 0.5) is 0 Å². The van der Waals surface area contributed by atoms with Crippen molar-refractivity contribution in [3.05, 3.63) is 48.6 Å². The van der Waals surface area contributed by atoms with Gasteiger partial charge in [0.2, 0.25) is 5.91 Å². The Kier molecular flexibility index (Phi) is 2.34. The summed E-state index contributed by atoms with van der Waals surface area (Å²) in [5, 5.41) is 10.5. The molecule has 2 saturated carbocycles. The van der Waals surface area contributed by atoms with Crippen LogP contribution >= 0.6 is 0 Å². The smallest absolute Gasteiger partial charge is 0.229 e. The summed E-state index contributed by atoms with van der Waals surface area (Å²) in [7, 11) is 0. The second kappa shape index (κ2) is 4.00. The van der Waals surface area contributed by atoms with Crippen molar-refractivity contribution in [1.82, 2.24) is 4.90 Å². The molecule has 4 fully saturated rings. The van der Waals surface area contributed by atoms with E-state index in [9.17, 15) is 9.90 Å². The number of carbonyl (C=O) groups is 1. The molecule has 7 atom stereocenters. The summed E-state index contributed by atoms with van der Waals surface area (Å²) in [6.07, 6.45) is 2.06. The van der Waals surface area contributed by atoms with Gasteiger partial charge < -0.3 is 14.7 Å². The lowest BCUT2D eigenvalue weighted by atomic mass is 9.75. The van der Waals surface area contributed by atoms with E-state index in [1.807, 2.05) is 35.2 Å². The minimum absolute atomic E-state index is 0.0629. The number of aliphatic hydroxyl groups excluding tert-OH is 1. The quantitative estimate of drug-likeness (QED) is 0.860. The number of ether oxygens (including phenoxy) is 1. The van der Waals surface area contributed by atoms with Gasteiger partial charge in [-0.1, -0.05) is 36.4 Å². The minimum Gasteiger partial charge on any atom is -0.390 e. The first-order chi connectivity index (χ1) is 10.7. The number of carbonyl (C=O) groups excluding carboxylic acids is 1. The fourth-order valence-electron chi connectivity index (χ4n) is 5.68. The Balaban J connectivity index is 1.73. The van der Waals surface area contributed by atoms with Crippen LogP contribution in [0.3, 0.4) is 0 Å². The van der Waals surface area contributed by atoms with Gasteiger partial charge in [0.15, 0.2) is 5.72 Å². The number of hydrogen-bond donors (Lipinski definition) is 1. The topological polar surface area (TPSA) is 49.8 Å². The zero-order chi connectivity index (χ0) is 15.1. The molecular weight excluding hydrogens is 278 g/mol. The predicted molar refractivity (Wildman–Crippen MR) is 79.5 cm³/mol. The molecule has 4 heteroatoms. The average molecular weight is 297 g/mol. The third-order valence-corrected chi connectivity index (χ3v) is 6.27. The van der Waals surface area contributed by atoms with E-state index in [1.165, 1.54) is 0 Å². The van der Waals surface area contributed by atoms with Crippen LogP contribution < -0.4 is 0 Å². The van der Waals surface area contributed by atoms with Gasteiger partial charge in [0.25, 0.3) is 0 Å². The highest BCUT2D eigenvalue weighted by molar-refractivity contribution is 5.85. The van der Waals surface area contributed by atoms with Crippen molar-refractivity contribution in [3.8, 4) is 0 Å². The molecule has 1 aromatic rings. The van der Waals surface area contributed by atoms with Gasteiger partial charge in [0.05, 0.1) is 18.1 Å². The van der Waals surface area contributed by atoms with Crippen molar-refractivity contribution in [2.24, 2.45) is 23.7 Å². The molecule has 5 rings (SSSR count). The summed E-state index contributed by atoms with van der Waals surface area (Å²) in [6, 6.07) is 10.0. The van der Waals surface area contributed by atoms with Gasteiger partial charge in [-0.3, -0.25) is 4.79 Å². The number of hydrogen-bond acceptors (Lipinski definition) is 3. The Bertz CT molecular complexity index is 660. The van der Waals surface area contributed by atoms with Gasteiger partial charge in [0, 0.05) is 18.0 Å². The average Bonchev–Trinajstić information content (AvgIpc) is 3.20. The fraction of sp³-hybridized carbons (Fsp3) is 0.500. The molecule has 2 aliphatic carbocycles. The van der Waals surface area contributed by atoms with Crippen LogP contribution in [-0.4, -0.2) is 34.7 Å². The Morgan fingerprint density at radius 3 is 2.86 bits per heavy atom. The van der Waals surface area contributed by atoms with E-state index < -0.39 is 11.8 Å². The molecule has 2 aliphatic heterocycles. The normalized spacial score (nSPS) is 47.5. The van der Waals surface area contributed by atoms with E-state index in [-0.39, 0.29) is 29.8 Å². The lowest BCUT2D eigenvalue weighted by Gasteiger charge is -2.38. The zero-order valence-electron chi connectivity index (χ0n) is 12.3. The molecule has 1 amide bonds. The van der Waals surface area contributed by atoms with Crippen LogP contribution in [0.5, 0.6) is 0 Å². The predicted octanol–water partition coefficient (Wildman–Crippen LogP) is 1.51. The lowest BCUT2D eigenvalue weighted by Crippen LogP contribution is -2.48. The summed E-state index contributed by atoms with van der Waals surface area (Å²) >= 11 is 0. The number of fused-ring (bicyclic) bond motifs is 2. The van der Waals surface area contributed by atoms with Gasteiger partial charge in [0.1, 0.15) is 0 Å². The largest absolute Gasteiger partial charge is 0.390 e. The number of amides is 1. The molecule has 0 radical (unpaired) electrons. The van der Waals surface area contributed by atoms with Crippen LogP contribution in [0.15, 0.2) is 43.0 Å². The lowest BCUT2D eigenvalue weighted by molar-refractivity contribution is -0.180. The van der Waals surface area contributed by atoms with Crippen molar-refractivity contribution >= 4 is 5.91 Å². The third kappa shape index (κ3) is 1.18. The maximum Gasteiger partial charge on any atom is 0.229 e. The van der Waals surface area contributed by atoms with Crippen LogP contribution in [0.25, 0.3) is 0 Å². The van der Waals surface area contributed by atoms with Crippen LogP contribution in [0.2, 0.25) is 0 Å². The number of benzene rings is 1. The van der Waals surface area contributed by atoms with Crippen LogP contribution in [-0.2, 0) is 15.3 Å². The first-order valence-electron chi connectivity index (χ1n) is 8.04. The highest BCUT2D eigenvalue weighted by atomic mass is 16.6. The maximum atomic E-state index is 13.0. The molecule has 1 aromatic carbocycles. The van der Waals surface area contributed by atoms with E-state index in [1.54, 1.807) is 6.08 Å². The van der Waals surface area contributed by atoms with Crippen molar-refractivity contribution in [2.45, 2.75) is 24.4 Å². The summed E-state index contributed by atoms with van der Waals surface area (Å²) in [4.78, 5) is 14.9. The molecule has 2 bridgehead atoms. The summed E-state index contributed by atoms with van der Waals surface area (Å²) in [5.74, 6) is 0.551. The number of nitrogens with zero attached hydrogens (tertiary/aromatic N) is 1. The highest BCUT2D eigenvalue weighted by Gasteiger charge is 2.78. The molecule has 7 unspecified atom stereocenters. The van der Waals surface area contributed by atoms with Gasteiger partial charge in [-0.05, 0) is 18.3 Å². The summed E-state index contributed by atoms with van der Waals surface area (Å²) in [6.45, 7) is 4.30. The van der Waals surface area contributed by atoms with E-state index in [0.717, 1.165) is 12.0 Å². The molecule has 0 aromatic heterocycles. The first kappa shape index (κ1) is 12.9. The van der Waals surface area contributed by atoms with Crippen molar-refractivity contribution < 1.29 is 14.6 Å². The Hall–Kier alpha value is -1.65. The minimum atomic E-state index is -0.710. The second-order valence-electron chi connectivity index (χ2n) is 6.99. The van der Waals surface area contributed by atoms with Gasteiger partial charge in [-0.2, -0.15) is 0 Å². The van der Waals surface area contributed by atoms with Gasteiger partial charge in [-0.15, -0.1) is 6.58 Å². The van der Waals surface area contributed by atoms with Crippen molar-refractivity contribution in [2.75, 3.05) is 6.54 Å². The molecule has 2 heterocycles. The Morgan fingerprint density at radius 1 is 1.36 bits per heavy atom. The number of likely N-dealkylation sites (tertiary alicyclic amines) is 1. The highest BCUT2D eigenvalue weighted by Crippen LogP contribution is 2.70.